The molecule has 0 spiro atoms. The lowest BCUT2D eigenvalue weighted by Gasteiger charge is -2.37. The Morgan fingerprint density at radius 3 is 2.71 bits per heavy atom. The molecule has 1 aliphatic rings. The van der Waals surface area contributed by atoms with E-state index in [-0.39, 0.29) is 0 Å². The minimum Gasteiger partial charge on any atom is -0.488 e. The van der Waals surface area contributed by atoms with Gasteiger partial charge >= 0.3 is 0 Å². The van der Waals surface area contributed by atoms with Crippen molar-refractivity contribution >= 4 is 17.3 Å². The van der Waals surface area contributed by atoms with Crippen molar-refractivity contribution in [1.82, 2.24) is 34.0 Å². The smallest absolute Gasteiger partial charge is 0.165 e. The molecule has 5 heterocycles. The first-order chi connectivity index (χ1) is 15.0. The number of ether oxygens (including phenoxy) is 1. The highest BCUT2D eigenvalue weighted by Gasteiger charge is 2.25. The fourth-order valence-corrected chi connectivity index (χ4v) is 3.92. The molecule has 31 heavy (non-hydrogen) atoms. The largest absolute Gasteiger partial charge is 0.488 e. The van der Waals surface area contributed by atoms with E-state index in [1.807, 2.05) is 60.6 Å². The summed E-state index contributed by atoms with van der Waals surface area (Å²) in [4.78, 5) is 15.7. The maximum Gasteiger partial charge on any atom is 0.165 e. The molecular weight excluding hydrogens is 392 g/mol. The minimum atomic E-state index is 0.479. The molecule has 1 N–H and O–H groups in total. The fraction of sp³-hybridized carbons (Fsp3) is 0.364. The van der Waals surface area contributed by atoms with E-state index in [1.165, 1.54) is 6.42 Å². The predicted molar refractivity (Wildman–Crippen MR) is 119 cm³/mol. The van der Waals surface area contributed by atoms with Crippen molar-refractivity contribution in [3.05, 3.63) is 48.3 Å². The highest BCUT2D eigenvalue weighted by molar-refractivity contribution is 5.68. The van der Waals surface area contributed by atoms with Gasteiger partial charge in [0.15, 0.2) is 11.6 Å². The Balaban J connectivity index is 1.41. The van der Waals surface area contributed by atoms with Crippen LogP contribution in [0.4, 0.5) is 11.6 Å². The van der Waals surface area contributed by atoms with Gasteiger partial charge in [-0.2, -0.15) is 5.10 Å². The third kappa shape index (κ3) is 3.84. The van der Waals surface area contributed by atoms with Gasteiger partial charge < -0.3 is 14.5 Å². The SMILES string of the molecule is Cc1cc(Nc2cn3cc(-c4c(OC[C@H]5CCN5C)cnn4C)ccc3n2)nc(C)n1. The van der Waals surface area contributed by atoms with Crippen LogP contribution in [0.2, 0.25) is 0 Å². The zero-order chi connectivity index (χ0) is 21.5. The Labute approximate surface area is 180 Å². The van der Waals surface area contributed by atoms with Crippen LogP contribution in [-0.4, -0.2) is 60.3 Å². The zero-order valence-electron chi connectivity index (χ0n) is 18.2. The third-order valence-corrected chi connectivity index (χ3v) is 5.72. The first-order valence-corrected chi connectivity index (χ1v) is 10.4. The summed E-state index contributed by atoms with van der Waals surface area (Å²) in [6.45, 7) is 5.64. The standard InChI is InChI=1S/C22H26N8O/c1-14-9-19(25-15(2)24-14)26-20-12-30-11-16(5-6-21(30)27-20)22-18(10-23-29(22)4)31-13-17-7-8-28(17)3/h5-6,9-12,17H,7-8,13H2,1-4H3,(H,24,25,26)/t17-/m1/s1. The van der Waals surface area contributed by atoms with Gasteiger partial charge in [-0.3, -0.25) is 9.58 Å². The molecule has 1 saturated heterocycles. The highest BCUT2D eigenvalue weighted by atomic mass is 16.5. The van der Waals surface area contributed by atoms with Gasteiger partial charge in [0, 0.05) is 36.6 Å². The number of nitrogens with one attached hydrogen (secondary N) is 1. The van der Waals surface area contributed by atoms with Gasteiger partial charge in [0.1, 0.15) is 29.6 Å². The number of likely N-dealkylation sites (N-methyl/N-ethyl adjacent to an activating group) is 1. The van der Waals surface area contributed by atoms with E-state index in [0.717, 1.165) is 52.4 Å². The molecule has 4 aromatic rings. The van der Waals surface area contributed by atoms with Gasteiger partial charge in [0.25, 0.3) is 0 Å². The first-order valence-electron chi connectivity index (χ1n) is 10.4. The van der Waals surface area contributed by atoms with Crippen LogP contribution in [0.5, 0.6) is 5.75 Å². The third-order valence-electron chi connectivity index (χ3n) is 5.72. The van der Waals surface area contributed by atoms with Crippen molar-refractivity contribution in [3.63, 3.8) is 0 Å². The molecule has 0 amide bonds. The molecular formula is C22H26N8O. The number of pyridine rings is 1. The molecule has 1 aliphatic heterocycles. The van der Waals surface area contributed by atoms with Crippen LogP contribution in [0, 0.1) is 13.8 Å². The Bertz CT molecular complexity index is 1220. The zero-order valence-corrected chi connectivity index (χ0v) is 18.2. The lowest BCUT2D eigenvalue weighted by Crippen LogP contribution is -2.48. The number of aromatic nitrogens is 6. The van der Waals surface area contributed by atoms with Gasteiger partial charge in [0.05, 0.1) is 12.4 Å². The van der Waals surface area contributed by atoms with Crippen LogP contribution in [0.1, 0.15) is 17.9 Å². The second-order valence-corrected chi connectivity index (χ2v) is 8.09. The average molecular weight is 419 g/mol. The van der Waals surface area contributed by atoms with Gasteiger partial charge in [0.2, 0.25) is 0 Å². The molecule has 5 rings (SSSR count). The van der Waals surface area contributed by atoms with E-state index < -0.39 is 0 Å². The van der Waals surface area contributed by atoms with Crippen LogP contribution in [0.25, 0.3) is 16.9 Å². The van der Waals surface area contributed by atoms with Crippen molar-refractivity contribution in [2.24, 2.45) is 7.05 Å². The van der Waals surface area contributed by atoms with Gasteiger partial charge in [-0.05, 0) is 46.0 Å². The van der Waals surface area contributed by atoms with Crippen LogP contribution < -0.4 is 10.1 Å². The molecule has 4 aromatic heterocycles. The van der Waals surface area contributed by atoms with Crippen molar-refractivity contribution in [1.29, 1.82) is 0 Å². The number of imidazole rings is 1. The fourth-order valence-electron chi connectivity index (χ4n) is 3.92. The number of hydrogen-bond donors (Lipinski definition) is 1. The number of fused-ring (bicyclic) bond motifs is 1. The first kappa shape index (κ1) is 19.5. The van der Waals surface area contributed by atoms with Crippen molar-refractivity contribution in [2.75, 3.05) is 25.5 Å². The topological polar surface area (TPSA) is 85.4 Å². The molecule has 0 aliphatic carbocycles. The average Bonchev–Trinajstić information content (AvgIpc) is 3.28. The number of likely N-dealkylation sites (tertiary alicyclic amines) is 1. The summed E-state index contributed by atoms with van der Waals surface area (Å²) in [5.74, 6) is 2.99. The van der Waals surface area contributed by atoms with Crippen molar-refractivity contribution < 1.29 is 4.74 Å². The van der Waals surface area contributed by atoms with E-state index in [2.05, 4.69) is 37.3 Å². The second kappa shape index (κ2) is 7.66. The summed E-state index contributed by atoms with van der Waals surface area (Å²) in [5, 5.41) is 7.69. The normalized spacial score (nSPS) is 16.5. The molecule has 1 atom stereocenters. The Morgan fingerprint density at radius 1 is 1.10 bits per heavy atom. The molecule has 0 radical (unpaired) electrons. The summed E-state index contributed by atoms with van der Waals surface area (Å²) in [5.41, 5.74) is 3.73. The Hall–Kier alpha value is -3.46. The number of nitrogens with zero attached hydrogens (tertiary/aromatic N) is 7. The molecule has 1 fully saturated rings. The van der Waals surface area contributed by atoms with Gasteiger partial charge in [-0.1, -0.05) is 0 Å². The van der Waals surface area contributed by atoms with E-state index in [1.54, 1.807) is 6.20 Å². The number of rotatable bonds is 6. The van der Waals surface area contributed by atoms with Crippen LogP contribution in [0.15, 0.2) is 36.8 Å². The maximum atomic E-state index is 6.13. The minimum absolute atomic E-state index is 0.479. The number of hydrogen-bond acceptors (Lipinski definition) is 7. The lowest BCUT2D eigenvalue weighted by atomic mass is 10.1. The van der Waals surface area contributed by atoms with E-state index >= 15 is 0 Å². The summed E-state index contributed by atoms with van der Waals surface area (Å²) >= 11 is 0. The molecule has 160 valence electrons. The molecule has 0 saturated carbocycles. The van der Waals surface area contributed by atoms with E-state index in [0.29, 0.717) is 12.6 Å². The summed E-state index contributed by atoms with van der Waals surface area (Å²) < 4.78 is 9.97. The van der Waals surface area contributed by atoms with Crippen molar-refractivity contribution in [3.8, 4) is 17.0 Å². The van der Waals surface area contributed by atoms with Crippen LogP contribution >= 0.6 is 0 Å². The molecule has 0 aromatic carbocycles. The van der Waals surface area contributed by atoms with E-state index in [4.69, 9.17) is 4.74 Å². The van der Waals surface area contributed by atoms with E-state index in [9.17, 15) is 0 Å². The second-order valence-electron chi connectivity index (χ2n) is 8.09. The monoisotopic (exact) mass is 418 g/mol. The predicted octanol–water partition coefficient (Wildman–Crippen LogP) is 2.97. The molecule has 0 unspecified atom stereocenters. The maximum absolute atomic E-state index is 6.13. The number of anilines is 2. The Kier molecular flexibility index (Phi) is 4.82. The summed E-state index contributed by atoms with van der Waals surface area (Å²) in [6.07, 6.45) is 6.96. The van der Waals surface area contributed by atoms with Crippen LogP contribution in [-0.2, 0) is 7.05 Å². The lowest BCUT2D eigenvalue weighted by molar-refractivity contribution is 0.0771. The summed E-state index contributed by atoms with van der Waals surface area (Å²) in [6, 6.07) is 6.42. The number of aryl methyl sites for hydroxylation is 3. The van der Waals surface area contributed by atoms with Gasteiger partial charge in [-0.25, -0.2) is 15.0 Å². The molecule has 9 nitrogen and oxygen atoms in total. The molecule has 0 bridgehead atoms. The van der Waals surface area contributed by atoms with Gasteiger partial charge in [-0.15, -0.1) is 0 Å². The Morgan fingerprint density at radius 2 is 1.97 bits per heavy atom. The van der Waals surface area contributed by atoms with Crippen LogP contribution in [0.3, 0.4) is 0 Å². The summed E-state index contributed by atoms with van der Waals surface area (Å²) in [7, 11) is 4.06. The quantitative estimate of drug-likeness (QED) is 0.515. The molecule has 9 heteroatoms. The van der Waals surface area contributed by atoms with Crippen molar-refractivity contribution in [2.45, 2.75) is 26.3 Å². The highest BCUT2D eigenvalue weighted by Crippen LogP contribution is 2.31.